The fourth-order valence-corrected chi connectivity index (χ4v) is 2.06. The molecule has 0 saturated carbocycles. The Kier molecular flexibility index (Phi) is 6.10. The summed E-state index contributed by atoms with van der Waals surface area (Å²) in [6.07, 6.45) is 1.20. The fourth-order valence-electron chi connectivity index (χ4n) is 2.06. The lowest BCUT2D eigenvalue weighted by atomic mass is 10.2. The molecule has 0 aliphatic carbocycles. The van der Waals surface area contributed by atoms with E-state index < -0.39 is 22.3 Å². The van der Waals surface area contributed by atoms with Gasteiger partial charge in [-0.1, -0.05) is 18.2 Å². The Morgan fingerprint density at radius 1 is 1.35 bits per heavy atom. The third-order valence-corrected chi connectivity index (χ3v) is 3.35. The summed E-state index contributed by atoms with van der Waals surface area (Å²) in [6, 6.07) is 9.71. The molecule has 0 radical (unpaired) electrons. The lowest BCUT2D eigenvalue weighted by Gasteiger charge is -2.07. The number of ether oxygens (including phenoxy) is 2. The van der Waals surface area contributed by atoms with Gasteiger partial charge in [0.2, 0.25) is 5.75 Å². The van der Waals surface area contributed by atoms with Crippen LogP contribution >= 0.6 is 0 Å². The van der Waals surface area contributed by atoms with Crippen LogP contribution in [0.4, 0.5) is 5.69 Å². The molecule has 0 saturated heterocycles. The Morgan fingerprint density at radius 2 is 2.08 bits per heavy atom. The molecule has 9 heteroatoms. The van der Waals surface area contributed by atoms with Crippen LogP contribution in [0.2, 0.25) is 0 Å². The van der Waals surface area contributed by atoms with E-state index in [2.05, 4.69) is 10.5 Å². The molecule has 0 unspecified atom stereocenters. The Labute approximate surface area is 149 Å². The molecule has 2 aromatic rings. The van der Waals surface area contributed by atoms with Crippen LogP contribution in [0.15, 0.2) is 41.5 Å². The first-order valence-corrected chi connectivity index (χ1v) is 7.48. The highest BCUT2D eigenvalue weighted by Crippen LogP contribution is 2.36. The number of benzene rings is 2. The Morgan fingerprint density at radius 3 is 2.73 bits per heavy atom. The van der Waals surface area contributed by atoms with Crippen LogP contribution in [-0.4, -0.2) is 35.9 Å². The number of nitrogens with zero attached hydrogens (tertiary/aromatic N) is 2. The van der Waals surface area contributed by atoms with E-state index >= 15 is 0 Å². The third kappa shape index (κ3) is 4.69. The molecular weight excluding hydrogens is 342 g/mol. The first kappa shape index (κ1) is 18.7. The maximum Gasteiger partial charge on any atom is 0.315 e. The summed E-state index contributed by atoms with van der Waals surface area (Å²) >= 11 is 0. The lowest BCUT2D eigenvalue weighted by Crippen LogP contribution is -2.24. The number of hydrazone groups is 1. The van der Waals surface area contributed by atoms with Crippen LogP contribution in [0.25, 0.3) is 0 Å². The summed E-state index contributed by atoms with van der Waals surface area (Å²) in [5.41, 5.74) is 2.89. The highest BCUT2D eigenvalue weighted by atomic mass is 16.6. The summed E-state index contributed by atoms with van der Waals surface area (Å²) in [5.74, 6) is -0.560. The highest BCUT2D eigenvalue weighted by Gasteiger charge is 2.19. The van der Waals surface area contributed by atoms with Gasteiger partial charge in [-0.2, -0.15) is 5.10 Å². The molecule has 1 amide bonds. The van der Waals surface area contributed by atoms with E-state index in [9.17, 15) is 20.0 Å². The van der Waals surface area contributed by atoms with Crippen molar-refractivity contribution in [2.24, 2.45) is 5.10 Å². The number of rotatable bonds is 7. The second kappa shape index (κ2) is 8.47. The number of hydrogen-bond donors (Lipinski definition) is 2. The minimum atomic E-state index is -0.746. The quantitative estimate of drug-likeness (QED) is 0.443. The van der Waals surface area contributed by atoms with Gasteiger partial charge in [0.25, 0.3) is 5.91 Å². The highest BCUT2D eigenvalue weighted by molar-refractivity contribution is 5.85. The smallest absolute Gasteiger partial charge is 0.315 e. The molecule has 26 heavy (non-hydrogen) atoms. The van der Waals surface area contributed by atoms with Crippen molar-refractivity contribution in [2.75, 3.05) is 13.7 Å². The SMILES string of the molecule is COc1cc(/C=N\NC(=O)COc2ccccc2C)cc([N+](=O)[O-])c1O. The minimum absolute atomic E-state index is 0.0742. The number of aryl methyl sites for hydroxylation is 1. The molecule has 0 aliphatic rings. The topological polar surface area (TPSA) is 123 Å². The Hall–Kier alpha value is -3.62. The van der Waals surface area contributed by atoms with Crippen molar-refractivity contribution in [3.63, 3.8) is 0 Å². The summed E-state index contributed by atoms with van der Waals surface area (Å²) in [7, 11) is 1.27. The van der Waals surface area contributed by atoms with Crippen LogP contribution in [0.5, 0.6) is 17.2 Å². The van der Waals surface area contributed by atoms with Gasteiger partial charge in [-0.05, 0) is 24.6 Å². The van der Waals surface area contributed by atoms with Gasteiger partial charge >= 0.3 is 5.69 Å². The number of carbonyl (C=O) groups excluding carboxylic acids is 1. The van der Waals surface area contributed by atoms with Crippen molar-refractivity contribution in [1.82, 2.24) is 5.43 Å². The van der Waals surface area contributed by atoms with Gasteiger partial charge in [0, 0.05) is 11.6 Å². The van der Waals surface area contributed by atoms with Gasteiger partial charge in [-0.25, -0.2) is 5.43 Å². The largest absolute Gasteiger partial charge is 0.500 e. The molecule has 0 fully saturated rings. The van der Waals surface area contributed by atoms with Gasteiger partial charge < -0.3 is 14.6 Å². The van der Waals surface area contributed by atoms with E-state index in [-0.39, 0.29) is 17.9 Å². The normalized spacial score (nSPS) is 10.5. The first-order chi connectivity index (χ1) is 12.4. The number of methoxy groups -OCH3 is 1. The maximum absolute atomic E-state index is 11.7. The molecule has 0 bridgehead atoms. The van der Waals surface area contributed by atoms with Crippen molar-refractivity contribution in [2.45, 2.75) is 6.92 Å². The predicted octanol–water partition coefficient (Wildman–Crippen LogP) is 2.15. The molecular formula is C17H17N3O6. The van der Waals surface area contributed by atoms with E-state index in [0.29, 0.717) is 5.75 Å². The average molecular weight is 359 g/mol. The average Bonchev–Trinajstić information content (AvgIpc) is 2.62. The molecule has 2 N–H and O–H groups in total. The molecule has 2 rings (SSSR count). The van der Waals surface area contributed by atoms with Gasteiger partial charge in [0.05, 0.1) is 18.2 Å². The number of carbonyl (C=O) groups is 1. The second-order valence-electron chi connectivity index (χ2n) is 5.20. The van der Waals surface area contributed by atoms with Crippen molar-refractivity contribution in [3.8, 4) is 17.2 Å². The molecule has 0 spiro atoms. The van der Waals surface area contributed by atoms with Crippen molar-refractivity contribution >= 4 is 17.8 Å². The van der Waals surface area contributed by atoms with E-state index in [0.717, 1.165) is 11.6 Å². The summed E-state index contributed by atoms with van der Waals surface area (Å²) in [5, 5.41) is 24.3. The van der Waals surface area contributed by atoms with Crippen LogP contribution in [-0.2, 0) is 4.79 Å². The predicted molar refractivity (Wildman–Crippen MR) is 93.7 cm³/mol. The van der Waals surface area contributed by atoms with Gasteiger partial charge in [-0.15, -0.1) is 0 Å². The number of nitrogens with one attached hydrogen (secondary N) is 1. The molecule has 0 heterocycles. The number of para-hydroxylation sites is 1. The van der Waals surface area contributed by atoms with E-state index in [1.807, 2.05) is 19.1 Å². The molecule has 0 aliphatic heterocycles. The summed E-state index contributed by atoms with van der Waals surface area (Å²) in [6.45, 7) is 1.62. The molecule has 0 aromatic heterocycles. The van der Waals surface area contributed by atoms with Gasteiger partial charge in [-0.3, -0.25) is 14.9 Å². The first-order valence-electron chi connectivity index (χ1n) is 7.48. The van der Waals surface area contributed by atoms with Crippen molar-refractivity contribution < 1.29 is 24.3 Å². The number of nitro groups is 1. The zero-order valence-corrected chi connectivity index (χ0v) is 14.1. The van der Waals surface area contributed by atoms with Crippen LogP contribution in [0.3, 0.4) is 0 Å². The number of aromatic hydroxyl groups is 1. The number of amides is 1. The number of nitro benzene ring substituents is 1. The van der Waals surface area contributed by atoms with Crippen molar-refractivity contribution in [3.05, 3.63) is 57.6 Å². The van der Waals surface area contributed by atoms with E-state index in [4.69, 9.17) is 9.47 Å². The number of phenols is 1. The van der Waals surface area contributed by atoms with Gasteiger partial charge in [0.1, 0.15) is 5.75 Å². The van der Waals surface area contributed by atoms with E-state index in [1.54, 1.807) is 12.1 Å². The lowest BCUT2D eigenvalue weighted by molar-refractivity contribution is -0.386. The zero-order chi connectivity index (χ0) is 19.1. The molecule has 136 valence electrons. The molecule has 9 nitrogen and oxygen atoms in total. The number of phenolic OH excluding ortho intramolecular Hbond substituents is 1. The van der Waals surface area contributed by atoms with Crippen LogP contribution < -0.4 is 14.9 Å². The number of hydrogen-bond acceptors (Lipinski definition) is 7. The maximum atomic E-state index is 11.7. The fraction of sp³-hybridized carbons (Fsp3) is 0.176. The molecule has 0 atom stereocenters. The molecule has 2 aromatic carbocycles. The van der Waals surface area contributed by atoms with E-state index in [1.165, 1.54) is 19.4 Å². The summed E-state index contributed by atoms with van der Waals surface area (Å²) < 4.78 is 10.3. The van der Waals surface area contributed by atoms with Crippen LogP contribution in [0.1, 0.15) is 11.1 Å². The Bertz CT molecular complexity index is 850. The standard InChI is InChI=1S/C17H17N3O6/c1-11-5-3-4-6-14(11)26-10-16(21)19-18-9-12-7-13(20(23)24)17(22)15(8-12)25-2/h3-9,22H,10H2,1-2H3,(H,19,21)/b18-9-. The Balaban J connectivity index is 1.99. The zero-order valence-electron chi connectivity index (χ0n) is 14.1. The van der Waals surface area contributed by atoms with Crippen molar-refractivity contribution in [1.29, 1.82) is 0 Å². The summed E-state index contributed by atoms with van der Waals surface area (Å²) in [4.78, 5) is 21.9. The third-order valence-electron chi connectivity index (χ3n) is 3.35. The monoisotopic (exact) mass is 359 g/mol. The second-order valence-corrected chi connectivity index (χ2v) is 5.20. The van der Waals surface area contributed by atoms with Gasteiger partial charge in [0.15, 0.2) is 12.4 Å². The van der Waals surface area contributed by atoms with Crippen LogP contribution in [0, 0.1) is 17.0 Å². The minimum Gasteiger partial charge on any atom is -0.500 e.